The van der Waals surface area contributed by atoms with Crippen LogP contribution in [-0.2, 0) is 19.1 Å². The molecule has 0 spiro atoms. The number of hydrogen-bond acceptors (Lipinski definition) is 9. The smallest absolute Gasteiger partial charge is 0.490 e. The zero-order valence-electron chi connectivity index (χ0n) is 19.6. The van der Waals surface area contributed by atoms with Gasteiger partial charge in [-0.05, 0) is 43.6 Å². The molecule has 0 aromatic heterocycles. The SMILES string of the molecule is NN=Cc1ccc2c(c1)OCCN(CCC(=O)C(OC1CCNCC1)C(=O)O)C2=O.O=C(O)C(F)(F)F. The van der Waals surface area contributed by atoms with Gasteiger partial charge < -0.3 is 35.7 Å². The summed E-state index contributed by atoms with van der Waals surface area (Å²) in [6, 6.07) is 4.99. The molecule has 37 heavy (non-hydrogen) atoms. The summed E-state index contributed by atoms with van der Waals surface area (Å²) in [6.07, 6.45) is -4.20. The van der Waals surface area contributed by atoms with Crippen LogP contribution in [0.2, 0.25) is 0 Å². The molecule has 0 radical (unpaired) electrons. The molecular weight excluding hydrogens is 505 g/mol. The molecule has 2 heterocycles. The number of nitrogens with two attached hydrogens (primary N) is 1. The van der Waals surface area contributed by atoms with Crippen molar-refractivity contribution in [3.8, 4) is 5.75 Å². The van der Waals surface area contributed by atoms with Crippen molar-refractivity contribution in [2.45, 2.75) is 37.6 Å². The Kier molecular flexibility index (Phi) is 10.8. The molecule has 0 aliphatic carbocycles. The van der Waals surface area contributed by atoms with Crippen molar-refractivity contribution in [3.63, 3.8) is 0 Å². The minimum absolute atomic E-state index is 0.0891. The van der Waals surface area contributed by atoms with Crippen molar-refractivity contribution in [2.24, 2.45) is 10.9 Å². The van der Waals surface area contributed by atoms with Gasteiger partial charge in [0, 0.05) is 13.0 Å². The van der Waals surface area contributed by atoms with Crippen LogP contribution in [0.3, 0.4) is 0 Å². The highest BCUT2D eigenvalue weighted by atomic mass is 19.4. The number of alkyl halides is 3. The fourth-order valence-corrected chi connectivity index (χ4v) is 3.52. The Balaban J connectivity index is 0.000000604. The molecule has 12 nitrogen and oxygen atoms in total. The van der Waals surface area contributed by atoms with Crippen molar-refractivity contribution in [1.82, 2.24) is 10.2 Å². The lowest BCUT2D eigenvalue weighted by Crippen LogP contribution is -2.42. The van der Waals surface area contributed by atoms with Crippen LogP contribution in [0.25, 0.3) is 0 Å². The number of amides is 1. The molecule has 0 bridgehead atoms. The summed E-state index contributed by atoms with van der Waals surface area (Å²) in [4.78, 5) is 47.3. The van der Waals surface area contributed by atoms with E-state index in [0.717, 1.165) is 13.1 Å². The predicted molar refractivity (Wildman–Crippen MR) is 121 cm³/mol. The van der Waals surface area contributed by atoms with Crippen LogP contribution >= 0.6 is 0 Å². The Morgan fingerprint density at radius 2 is 1.92 bits per heavy atom. The number of fused-ring (bicyclic) bond motifs is 1. The van der Waals surface area contributed by atoms with Crippen LogP contribution in [0.5, 0.6) is 5.75 Å². The third-order valence-electron chi connectivity index (χ3n) is 5.37. The van der Waals surface area contributed by atoms with Crippen LogP contribution in [-0.4, -0.2) is 96.1 Å². The van der Waals surface area contributed by atoms with Gasteiger partial charge in [0.1, 0.15) is 12.4 Å². The molecule has 204 valence electrons. The number of ketones is 1. The molecular formula is C22H27F3N4O8. The quantitative estimate of drug-likeness (QED) is 0.160. The summed E-state index contributed by atoms with van der Waals surface area (Å²) < 4.78 is 42.9. The van der Waals surface area contributed by atoms with E-state index < -0.39 is 30.0 Å². The number of rotatable bonds is 8. The fourth-order valence-electron chi connectivity index (χ4n) is 3.52. The maximum atomic E-state index is 12.9. The monoisotopic (exact) mass is 532 g/mol. The van der Waals surface area contributed by atoms with Gasteiger partial charge in [-0.2, -0.15) is 18.3 Å². The Labute approximate surface area is 209 Å². The van der Waals surface area contributed by atoms with E-state index in [1.165, 1.54) is 11.1 Å². The van der Waals surface area contributed by atoms with E-state index in [1.54, 1.807) is 18.2 Å². The zero-order valence-corrected chi connectivity index (χ0v) is 19.6. The number of carbonyl (C=O) groups excluding carboxylic acids is 2. The molecule has 15 heteroatoms. The van der Waals surface area contributed by atoms with Gasteiger partial charge >= 0.3 is 18.1 Å². The summed E-state index contributed by atoms with van der Waals surface area (Å²) >= 11 is 0. The third kappa shape index (κ3) is 9.02. The Hall–Kier alpha value is -3.72. The Bertz CT molecular complexity index is 1010. The summed E-state index contributed by atoms with van der Waals surface area (Å²) in [5, 5.41) is 23.2. The number of Topliss-reactive ketones (excluding diaryl/α,β-unsaturated/α-hetero) is 1. The van der Waals surface area contributed by atoms with Crippen molar-refractivity contribution >= 4 is 29.8 Å². The second kappa shape index (κ2) is 13.5. The van der Waals surface area contributed by atoms with Gasteiger partial charge in [0.05, 0.1) is 24.4 Å². The highest BCUT2D eigenvalue weighted by molar-refractivity contribution is 6.02. The van der Waals surface area contributed by atoms with Gasteiger partial charge in [-0.25, -0.2) is 9.59 Å². The molecule has 1 atom stereocenters. The number of carboxylic acids is 2. The highest BCUT2D eigenvalue weighted by Gasteiger charge is 2.38. The summed E-state index contributed by atoms with van der Waals surface area (Å²) in [5.41, 5.74) is 1.07. The number of aliphatic carboxylic acids is 2. The molecule has 1 unspecified atom stereocenters. The Morgan fingerprint density at radius 3 is 2.49 bits per heavy atom. The van der Waals surface area contributed by atoms with Gasteiger partial charge in [-0.3, -0.25) is 9.59 Å². The molecule has 1 aromatic rings. The van der Waals surface area contributed by atoms with Gasteiger partial charge in [-0.15, -0.1) is 0 Å². The molecule has 1 fully saturated rings. The maximum Gasteiger partial charge on any atom is 0.490 e. The number of carboxylic acid groups (broad SMARTS) is 2. The van der Waals surface area contributed by atoms with Crippen LogP contribution in [0.4, 0.5) is 13.2 Å². The van der Waals surface area contributed by atoms with E-state index in [9.17, 15) is 32.7 Å². The van der Waals surface area contributed by atoms with E-state index >= 15 is 0 Å². The highest BCUT2D eigenvalue weighted by Crippen LogP contribution is 2.24. The van der Waals surface area contributed by atoms with Gasteiger partial charge in [0.15, 0.2) is 5.78 Å². The van der Waals surface area contributed by atoms with E-state index in [0.29, 0.717) is 29.7 Å². The largest absolute Gasteiger partial charge is 0.491 e. The molecule has 5 N–H and O–H groups in total. The van der Waals surface area contributed by atoms with Crippen LogP contribution in [0, 0.1) is 0 Å². The number of nitrogens with zero attached hydrogens (tertiary/aromatic N) is 2. The van der Waals surface area contributed by atoms with Crippen LogP contribution < -0.4 is 15.9 Å². The van der Waals surface area contributed by atoms with Crippen molar-refractivity contribution in [1.29, 1.82) is 0 Å². The minimum atomic E-state index is -5.08. The predicted octanol–water partition coefficient (Wildman–Crippen LogP) is 0.628. The molecule has 1 aromatic carbocycles. The maximum absolute atomic E-state index is 12.9. The molecule has 0 saturated carbocycles. The van der Waals surface area contributed by atoms with Crippen molar-refractivity contribution in [3.05, 3.63) is 29.3 Å². The lowest BCUT2D eigenvalue weighted by atomic mass is 10.1. The van der Waals surface area contributed by atoms with E-state index in [-0.39, 0.29) is 38.1 Å². The zero-order chi connectivity index (χ0) is 27.6. The molecule has 1 amide bonds. The minimum Gasteiger partial charge on any atom is -0.491 e. The third-order valence-corrected chi connectivity index (χ3v) is 5.37. The number of halogens is 3. The first-order chi connectivity index (χ1) is 17.4. The lowest BCUT2D eigenvalue weighted by molar-refractivity contribution is -0.192. The lowest BCUT2D eigenvalue weighted by Gasteiger charge is -2.26. The number of benzene rings is 1. The topological polar surface area (TPSA) is 181 Å². The summed E-state index contributed by atoms with van der Waals surface area (Å²) in [7, 11) is 0. The fraction of sp³-hybridized carbons (Fsp3) is 0.500. The van der Waals surface area contributed by atoms with E-state index in [1.807, 2.05) is 0 Å². The summed E-state index contributed by atoms with van der Waals surface area (Å²) in [5.74, 6) is 0.689. The van der Waals surface area contributed by atoms with Crippen molar-refractivity contribution < 1.29 is 52.0 Å². The van der Waals surface area contributed by atoms with E-state index in [4.69, 9.17) is 25.2 Å². The second-order valence-corrected chi connectivity index (χ2v) is 8.00. The molecule has 2 aliphatic heterocycles. The number of hydrogen-bond donors (Lipinski definition) is 4. The molecule has 2 aliphatic rings. The molecule has 1 saturated heterocycles. The number of carbonyl (C=O) groups is 4. The number of piperidine rings is 1. The van der Waals surface area contributed by atoms with Crippen LogP contribution in [0.15, 0.2) is 23.3 Å². The number of nitrogens with one attached hydrogen (secondary N) is 1. The van der Waals surface area contributed by atoms with E-state index in [2.05, 4.69) is 10.4 Å². The Morgan fingerprint density at radius 1 is 1.27 bits per heavy atom. The summed E-state index contributed by atoms with van der Waals surface area (Å²) in [6.45, 7) is 2.08. The van der Waals surface area contributed by atoms with Crippen LogP contribution in [0.1, 0.15) is 35.2 Å². The molecule has 3 rings (SSSR count). The number of hydrazone groups is 1. The first-order valence-electron chi connectivity index (χ1n) is 11.1. The average Bonchev–Trinajstić information content (AvgIpc) is 2.99. The second-order valence-electron chi connectivity index (χ2n) is 8.00. The number of ether oxygens (including phenoxy) is 2. The van der Waals surface area contributed by atoms with Gasteiger partial charge in [-0.1, -0.05) is 6.07 Å². The average molecular weight is 532 g/mol. The standard InChI is InChI=1S/C20H26N4O6.C2HF3O2/c21-23-12-13-1-2-15-17(11-13)29-10-9-24(19(15)26)8-5-16(25)18(20(27)28)30-14-3-6-22-7-4-14;3-2(4,5)1(6)7/h1-2,11-12,14,18,22H,3-10,21H2,(H,27,28);(H,6,7). The van der Waals surface area contributed by atoms with Crippen molar-refractivity contribution in [2.75, 3.05) is 32.8 Å². The van der Waals surface area contributed by atoms with Gasteiger partial charge in [0.25, 0.3) is 5.91 Å². The first kappa shape index (κ1) is 29.5. The van der Waals surface area contributed by atoms with Gasteiger partial charge in [0.2, 0.25) is 6.10 Å². The first-order valence-corrected chi connectivity index (χ1v) is 11.1. The normalized spacial score (nSPS) is 17.2.